The summed E-state index contributed by atoms with van der Waals surface area (Å²) >= 11 is 0. The lowest BCUT2D eigenvalue weighted by Crippen LogP contribution is -2.33. The van der Waals surface area contributed by atoms with E-state index in [1.165, 1.54) is 11.1 Å². The Hall–Kier alpha value is -0.890. The SMILES string of the molecule is CCCC(=O)C(OC)C1C(C)=CCC=C1C. The van der Waals surface area contributed by atoms with Gasteiger partial charge < -0.3 is 4.74 Å². The van der Waals surface area contributed by atoms with E-state index in [1.807, 2.05) is 6.92 Å². The van der Waals surface area contributed by atoms with Gasteiger partial charge in [-0.05, 0) is 26.7 Å². The molecular formula is C14H22O2. The highest BCUT2D eigenvalue weighted by molar-refractivity contribution is 5.84. The molecule has 1 rings (SSSR count). The van der Waals surface area contributed by atoms with E-state index in [9.17, 15) is 4.79 Å². The summed E-state index contributed by atoms with van der Waals surface area (Å²) in [5.41, 5.74) is 2.52. The molecule has 16 heavy (non-hydrogen) atoms. The van der Waals surface area contributed by atoms with E-state index in [0.29, 0.717) is 6.42 Å². The van der Waals surface area contributed by atoms with Crippen LogP contribution in [-0.4, -0.2) is 19.0 Å². The molecule has 0 saturated heterocycles. The number of ketones is 1. The molecule has 0 heterocycles. The van der Waals surface area contributed by atoms with Crippen molar-refractivity contribution in [3.8, 4) is 0 Å². The molecule has 0 aromatic heterocycles. The average molecular weight is 222 g/mol. The fourth-order valence-electron chi connectivity index (χ4n) is 2.36. The van der Waals surface area contributed by atoms with Crippen LogP contribution in [0.15, 0.2) is 23.3 Å². The van der Waals surface area contributed by atoms with Gasteiger partial charge in [-0.15, -0.1) is 0 Å². The van der Waals surface area contributed by atoms with Crippen LogP contribution in [-0.2, 0) is 9.53 Å². The third-order valence-electron chi connectivity index (χ3n) is 3.23. The fourth-order valence-corrected chi connectivity index (χ4v) is 2.36. The summed E-state index contributed by atoms with van der Waals surface area (Å²) < 4.78 is 5.41. The Morgan fingerprint density at radius 1 is 1.44 bits per heavy atom. The van der Waals surface area contributed by atoms with Crippen LogP contribution < -0.4 is 0 Å². The third kappa shape index (κ3) is 2.82. The molecule has 0 spiro atoms. The molecule has 0 aromatic carbocycles. The summed E-state index contributed by atoms with van der Waals surface area (Å²) in [6, 6.07) is 0. The van der Waals surface area contributed by atoms with Crippen LogP contribution in [0.25, 0.3) is 0 Å². The molecule has 0 aromatic rings. The minimum absolute atomic E-state index is 0.151. The second-order valence-electron chi connectivity index (χ2n) is 4.48. The number of rotatable bonds is 5. The maximum Gasteiger partial charge on any atom is 0.162 e. The monoisotopic (exact) mass is 222 g/mol. The number of carbonyl (C=O) groups excluding carboxylic acids is 1. The molecule has 0 saturated carbocycles. The van der Waals surface area contributed by atoms with Crippen molar-refractivity contribution in [2.75, 3.05) is 7.11 Å². The molecule has 0 fully saturated rings. The first-order chi connectivity index (χ1) is 7.61. The van der Waals surface area contributed by atoms with E-state index in [1.54, 1.807) is 7.11 Å². The minimum Gasteiger partial charge on any atom is -0.373 e. The summed E-state index contributed by atoms with van der Waals surface area (Å²) in [7, 11) is 1.63. The van der Waals surface area contributed by atoms with Crippen molar-refractivity contribution in [1.29, 1.82) is 0 Å². The van der Waals surface area contributed by atoms with Crippen LogP contribution >= 0.6 is 0 Å². The molecule has 2 nitrogen and oxygen atoms in total. The highest BCUT2D eigenvalue weighted by atomic mass is 16.5. The van der Waals surface area contributed by atoms with Gasteiger partial charge in [-0.1, -0.05) is 30.2 Å². The molecule has 1 aliphatic rings. The number of hydrogen-bond acceptors (Lipinski definition) is 2. The zero-order valence-electron chi connectivity index (χ0n) is 10.7. The Morgan fingerprint density at radius 2 is 2.00 bits per heavy atom. The molecule has 90 valence electrons. The standard InChI is InChI=1S/C14H22O2/c1-5-7-12(15)14(16-4)13-10(2)8-6-9-11(13)3/h8-9,13-14H,5-7H2,1-4H3. The van der Waals surface area contributed by atoms with Crippen molar-refractivity contribution in [3.63, 3.8) is 0 Å². The van der Waals surface area contributed by atoms with Crippen molar-refractivity contribution >= 4 is 5.78 Å². The molecule has 0 bridgehead atoms. The van der Waals surface area contributed by atoms with Crippen LogP contribution in [0.1, 0.15) is 40.0 Å². The van der Waals surface area contributed by atoms with Gasteiger partial charge in [0.25, 0.3) is 0 Å². The lowest BCUT2D eigenvalue weighted by atomic mass is 9.81. The largest absolute Gasteiger partial charge is 0.373 e. The first kappa shape index (κ1) is 13.2. The molecule has 1 aliphatic carbocycles. The molecule has 1 atom stereocenters. The topological polar surface area (TPSA) is 26.3 Å². The van der Waals surface area contributed by atoms with Gasteiger partial charge in [0.05, 0.1) is 0 Å². The summed E-state index contributed by atoms with van der Waals surface area (Å²) in [4.78, 5) is 12.0. The number of Topliss-reactive ketones (excluding diaryl/α,β-unsaturated/α-hetero) is 1. The van der Waals surface area contributed by atoms with Crippen molar-refractivity contribution < 1.29 is 9.53 Å². The number of allylic oxidation sites excluding steroid dienone is 2. The normalized spacial score (nSPS) is 19.0. The maximum atomic E-state index is 12.0. The smallest absolute Gasteiger partial charge is 0.162 e. The number of ether oxygens (including phenoxy) is 1. The van der Waals surface area contributed by atoms with E-state index in [0.717, 1.165) is 12.8 Å². The lowest BCUT2D eigenvalue weighted by molar-refractivity contribution is -0.130. The van der Waals surface area contributed by atoms with Crippen LogP contribution in [0.5, 0.6) is 0 Å². The molecule has 1 unspecified atom stereocenters. The minimum atomic E-state index is -0.298. The van der Waals surface area contributed by atoms with Crippen LogP contribution in [0, 0.1) is 5.92 Å². The summed E-state index contributed by atoms with van der Waals surface area (Å²) in [5.74, 6) is 0.371. The van der Waals surface area contributed by atoms with E-state index < -0.39 is 0 Å². The number of methoxy groups -OCH3 is 1. The van der Waals surface area contributed by atoms with Gasteiger partial charge in [0, 0.05) is 19.4 Å². The average Bonchev–Trinajstić information content (AvgIpc) is 2.24. The Bertz CT molecular complexity index is 295. The van der Waals surface area contributed by atoms with Crippen molar-refractivity contribution in [2.45, 2.75) is 46.1 Å². The van der Waals surface area contributed by atoms with Gasteiger partial charge in [-0.2, -0.15) is 0 Å². The Balaban J connectivity index is 2.86. The van der Waals surface area contributed by atoms with E-state index in [4.69, 9.17) is 4.74 Å². The first-order valence-corrected chi connectivity index (χ1v) is 6.00. The predicted octanol–water partition coefficient (Wildman–Crippen LogP) is 3.28. The van der Waals surface area contributed by atoms with Crippen molar-refractivity contribution in [1.82, 2.24) is 0 Å². The Labute approximate surface area is 98.4 Å². The van der Waals surface area contributed by atoms with Crippen LogP contribution in [0.2, 0.25) is 0 Å². The van der Waals surface area contributed by atoms with Crippen LogP contribution in [0.3, 0.4) is 0 Å². The summed E-state index contributed by atoms with van der Waals surface area (Å²) in [5, 5.41) is 0. The number of hydrogen-bond donors (Lipinski definition) is 0. The van der Waals surface area contributed by atoms with Gasteiger partial charge in [0.15, 0.2) is 5.78 Å². The summed E-state index contributed by atoms with van der Waals surface area (Å²) in [6.45, 7) is 6.20. The zero-order chi connectivity index (χ0) is 12.1. The molecule has 0 aliphatic heterocycles. The van der Waals surface area contributed by atoms with Gasteiger partial charge >= 0.3 is 0 Å². The highest BCUT2D eigenvalue weighted by Crippen LogP contribution is 2.30. The highest BCUT2D eigenvalue weighted by Gasteiger charge is 2.30. The second-order valence-corrected chi connectivity index (χ2v) is 4.48. The number of carbonyl (C=O) groups is 1. The third-order valence-corrected chi connectivity index (χ3v) is 3.23. The zero-order valence-corrected chi connectivity index (χ0v) is 10.7. The molecule has 0 radical (unpaired) electrons. The van der Waals surface area contributed by atoms with Gasteiger partial charge in [-0.3, -0.25) is 4.79 Å². The van der Waals surface area contributed by atoms with E-state index in [2.05, 4.69) is 26.0 Å². The van der Waals surface area contributed by atoms with Gasteiger partial charge in [-0.25, -0.2) is 0 Å². The predicted molar refractivity (Wildman–Crippen MR) is 66.3 cm³/mol. The van der Waals surface area contributed by atoms with Crippen LogP contribution in [0.4, 0.5) is 0 Å². The molecule has 2 heteroatoms. The Kier molecular flexibility index (Phi) is 4.94. The van der Waals surface area contributed by atoms with Crippen molar-refractivity contribution in [3.05, 3.63) is 23.3 Å². The van der Waals surface area contributed by atoms with E-state index in [-0.39, 0.29) is 17.8 Å². The Morgan fingerprint density at radius 3 is 2.44 bits per heavy atom. The summed E-state index contributed by atoms with van der Waals surface area (Å²) in [6.07, 6.45) is 6.54. The first-order valence-electron chi connectivity index (χ1n) is 6.00. The molecule has 0 amide bonds. The van der Waals surface area contributed by atoms with Crippen molar-refractivity contribution in [2.24, 2.45) is 5.92 Å². The second kappa shape index (κ2) is 6.00. The molecule has 0 N–H and O–H groups in total. The molecular weight excluding hydrogens is 200 g/mol. The maximum absolute atomic E-state index is 12.0. The fraction of sp³-hybridized carbons (Fsp3) is 0.643. The van der Waals surface area contributed by atoms with Gasteiger partial charge in [0.2, 0.25) is 0 Å². The van der Waals surface area contributed by atoms with Gasteiger partial charge in [0.1, 0.15) is 6.10 Å². The lowest BCUT2D eigenvalue weighted by Gasteiger charge is -2.29. The quantitative estimate of drug-likeness (QED) is 0.667. The van der Waals surface area contributed by atoms with E-state index >= 15 is 0 Å².